The maximum absolute atomic E-state index is 13.5. The fraction of sp³-hybridized carbons (Fsp3) is 0.571. The molecule has 0 aromatic heterocycles. The van der Waals surface area contributed by atoms with Gasteiger partial charge in [-0.2, -0.15) is 0 Å². The predicted octanol–water partition coefficient (Wildman–Crippen LogP) is 3.22. The van der Waals surface area contributed by atoms with Crippen molar-refractivity contribution < 1.29 is 4.39 Å². The minimum Gasteiger partial charge on any atom is -0.271 e. The van der Waals surface area contributed by atoms with E-state index < -0.39 is 0 Å². The molecule has 0 heterocycles. The minimum atomic E-state index is -0.179. The Kier molecular flexibility index (Phi) is 3.50. The molecule has 94 valence electrons. The largest absolute Gasteiger partial charge is 0.271 e. The first-order chi connectivity index (χ1) is 8.05. The van der Waals surface area contributed by atoms with Gasteiger partial charge >= 0.3 is 0 Å². The van der Waals surface area contributed by atoms with E-state index in [9.17, 15) is 4.39 Å². The second-order valence-electron chi connectivity index (χ2n) is 5.52. The zero-order valence-electron chi connectivity index (χ0n) is 10.6. The molecule has 1 atom stereocenters. The number of aryl methyl sites for hydroxylation is 1. The smallest absolute Gasteiger partial charge is 0.123 e. The Hall–Kier alpha value is -0.930. The third kappa shape index (κ3) is 2.50. The number of hydrazine groups is 1. The number of hydrogen-bond donors (Lipinski definition) is 2. The van der Waals surface area contributed by atoms with E-state index in [0.717, 1.165) is 24.0 Å². The summed E-state index contributed by atoms with van der Waals surface area (Å²) >= 11 is 0. The molecule has 2 nitrogen and oxygen atoms in total. The van der Waals surface area contributed by atoms with Gasteiger partial charge in [-0.3, -0.25) is 11.3 Å². The van der Waals surface area contributed by atoms with E-state index in [-0.39, 0.29) is 17.3 Å². The van der Waals surface area contributed by atoms with Crippen LogP contribution in [0.2, 0.25) is 0 Å². The van der Waals surface area contributed by atoms with E-state index in [0.29, 0.717) is 0 Å². The highest BCUT2D eigenvalue weighted by atomic mass is 19.1. The van der Waals surface area contributed by atoms with Crippen molar-refractivity contribution in [2.75, 3.05) is 0 Å². The van der Waals surface area contributed by atoms with Crippen LogP contribution in [-0.2, 0) is 0 Å². The second-order valence-corrected chi connectivity index (χ2v) is 5.52. The van der Waals surface area contributed by atoms with Gasteiger partial charge in [-0.25, -0.2) is 4.39 Å². The van der Waals surface area contributed by atoms with Crippen molar-refractivity contribution in [3.63, 3.8) is 0 Å². The quantitative estimate of drug-likeness (QED) is 0.624. The average Bonchev–Trinajstić information content (AvgIpc) is 2.65. The van der Waals surface area contributed by atoms with Crippen molar-refractivity contribution in [3.05, 3.63) is 35.1 Å². The summed E-state index contributed by atoms with van der Waals surface area (Å²) < 4.78 is 13.5. The van der Waals surface area contributed by atoms with Gasteiger partial charge in [-0.15, -0.1) is 0 Å². The number of nitrogens with two attached hydrogens (primary N) is 1. The van der Waals surface area contributed by atoms with Crippen molar-refractivity contribution in [1.29, 1.82) is 0 Å². The fourth-order valence-corrected chi connectivity index (χ4v) is 3.10. The van der Waals surface area contributed by atoms with Crippen LogP contribution in [0.5, 0.6) is 0 Å². The van der Waals surface area contributed by atoms with Gasteiger partial charge in [-0.05, 0) is 48.4 Å². The summed E-state index contributed by atoms with van der Waals surface area (Å²) in [6.07, 6.45) is 4.78. The normalized spacial score (nSPS) is 20.5. The molecule has 2 rings (SSSR count). The van der Waals surface area contributed by atoms with Gasteiger partial charge in [0, 0.05) is 0 Å². The van der Waals surface area contributed by atoms with Gasteiger partial charge in [0.2, 0.25) is 0 Å². The maximum atomic E-state index is 13.5. The van der Waals surface area contributed by atoms with E-state index in [1.807, 2.05) is 13.0 Å². The first-order valence-electron chi connectivity index (χ1n) is 6.28. The molecule has 1 aliphatic carbocycles. The van der Waals surface area contributed by atoms with Crippen molar-refractivity contribution in [2.24, 2.45) is 11.3 Å². The first-order valence-corrected chi connectivity index (χ1v) is 6.28. The van der Waals surface area contributed by atoms with Crippen LogP contribution in [0.1, 0.15) is 49.8 Å². The second kappa shape index (κ2) is 4.75. The number of nitrogens with one attached hydrogen (secondary N) is 1. The van der Waals surface area contributed by atoms with Gasteiger partial charge in [0.25, 0.3) is 0 Å². The van der Waals surface area contributed by atoms with E-state index in [4.69, 9.17) is 5.84 Å². The van der Waals surface area contributed by atoms with Crippen LogP contribution in [0.15, 0.2) is 18.2 Å². The molecule has 1 aliphatic rings. The standard InChI is InChI=1S/C14H21FN2/c1-10-7-11(9-12(15)8-10)13(17-16)14(2)5-3-4-6-14/h7-9,13,17H,3-6,16H2,1-2H3. The summed E-state index contributed by atoms with van der Waals surface area (Å²) in [5.41, 5.74) is 4.95. The van der Waals surface area contributed by atoms with Crippen LogP contribution in [0.4, 0.5) is 4.39 Å². The van der Waals surface area contributed by atoms with Crippen molar-refractivity contribution >= 4 is 0 Å². The fourth-order valence-electron chi connectivity index (χ4n) is 3.10. The maximum Gasteiger partial charge on any atom is 0.123 e. The van der Waals surface area contributed by atoms with Crippen molar-refractivity contribution in [3.8, 4) is 0 Å². The summed E-state index contributed by atoms with van der Waals surface area (Å²) in [5.74, 6) is 5.52. The molecule has 0 radical (unpaired) electrons. The molecule has 1 unspecified atom stereocenters. The highest BCUT2D eigenvalue weighted by Gasteiger charge is 2.37. The minimum absolute atomic E-state index is 0.0411. The first kappa shape index (κ1) is 12.5. The van der Waals surface area contributed by atoms with E-state index >= 15 is 0 Å². The lowest BCUT2D eigenvalue weighted by Crippen LogP contribution is -2.38. The number of hydrogen-bond acceptors (Lipinski definition) is 2. The van der Waals surface area contributed by atoms with Crippen LogP contribution >= 0.6 is 0 Å². The molecule has 1 fully saturated rings. The van der Waals surface area contributed by atoms with E-state index in [2.05, 4.69) is 12.3 Å². The lowest BCUT2D eigenvalue weighted by Gasteiger charge is -2.34. The Labute approximate surface area is 102 Å². The summed E-state index contributed by atoms with van der Waals surface area (Å²) in [6.45, 7) is 4.15. The lowest BCUT2D eigenvalue weighted by atomic mass is 9.77. The lowest BCUT2D eigenvalue weighted by molar-refractivity contribution is 0.224. The van der Waals surface area contributed by atoms with Gasteiger partial charge < -0.3 is 0 Å². The molecule has 0 spiro atoms. The molecule has 3 heteroatoms. The van der Waals surface area contributed by atoms with Crippen molar-refractivity contribution in [2.45, 2.75) is 45.6 Å². The zero-order valence-corrected chi connectivity index (χ0v) is 10.6. The molecule has 0 bridgehead atoms. The Bertz CT molecular complexity index is 377. The summed E-state index contributed by atoms with van der Waals surface area (Å²) in [5, 5.41) is 0. The molecule has 1 aromatic rings. The summed E-state index contributed by atoms with van der Waals surface area (Å²) in [4.78, 5) is 0. The van der Waals surface area contributed by atoms with Crippen LogP contribution in [-0.4, -0.2) is 0 Å². The van der Waals surface area contributed by atoms with Crippen LogP contribution < -0.4 is 11.3 Å². The van der Waals surface area contributed by atoms with E-state index in [1.54, 1.807) is 12.1 Å². The topological polar surface area (TPSA) is 38.0 Å². The highest BCUT2D eigenvalue weighted by molar-refractivity contribution is 5.28. The summed E-state index contributed by atoms with van der Waals surface area (Å²) in [7, 11) is 0. The summed E-state index contributed by atoms with van der Waals surface area (Å²) in [6, 6.07) is 5.21. The molecule has 1 saturated carbocycles. The van der Waals surface area contributed by atoms with E-state index in [1.165, 1.54) is 12.8 Å². The number of rotatable bonds is 3. The number of halogens is 1. The van der Waals surface area contributed by atoms with Crippen LogP contribution in [0, 0.1) is 18.2 Å². The van der Waals surface area contributed by atoms with Crippen LogP contribution in [0.3, 0.4) is 0 Å². The van der Waals surface area contributed by atoms with Gasteiger partial charge in [0.05, 0.1) is 6.04 Å². The van der Waals surface area contributed by atoms with Gasteiger partial charge in [0.15, 0.2) is 0 Å². The molecule has 3 N–H and O–H groups in total. The third-order valence-corrected chi connectivity index (χ3v) is 4.01. The SMILES string of the molecule is Cc1cc(F)cc(C(NN)C2(C)CCCC2)c1. The Morgan fingerprint density at radius 3 is 2.47 bits per heavy atom. The Balaban J connectivity index is 2.34. The van der Waals surface area contributed by atoms with Crippen LogP contribution in [0.25, 0.3) is 0 Å². The molecule has 0 amide bonds. The zero-order chi connectivity index (χ0) is 12.5. The molecular formula is C14H21FN2. The number of benzene rings is 1. The molecule has 1 aromatic carbocycles. The molecule has 0 aliphatic heterocycles. The average molecular weight is 236 g/mol. The molecular weight excluding hydrogens is 215 g/mol. The van der Waals surface area contributed by atoms with Gasteiger partial charge in [-0.1, -0.05) is 25.8 Å². The Morgan fingerprint density at radius 1 is 1.29 bits per heavy atom. The van der Waals surface area contributed by atoms with Crippen molar-refractivity contribution in [1.82, 2.24) is 5.43 Å². The highest BCUT2D eigenvalue weighted by Crippen LogP contribution is 2.46. The Morgan fingerprint density at radius 2 is 1.94 bits per heavy atom. The third-order valence-electron chi connectivity index (χ3n) is 4.01. The van der Waals surface area contributed by atoms with Gasteiger partial charge in [0.1, 0.15) is 5.82 Å². The predicted molar refractivity (Wildman–Crippen MR) is 67.8 cm³/mol. The molecule has 0 saturated heterocycles. The monoisotopic (exact) mass is 236 g/mol. The molecule has 17 heavy (non-hydrogen) atoms.